The summed E-state index contributed by atoms with van der Waals surface area (Å²) in [5, 5.41) is 26.8. The molecule has 0 spiro atoms. The van der Waals surface area contributed by atoms with Crippen molar-refractivity contribution in [3.05, 3.63) is 0 Å². The number of aliphatic imine (C=N–C) groups is 1. The molecule has 6 nitrogen and oxygen atoms in total. The molecule has 2 atom stereocenters. The summed E-state index contributed by atoms with van der Waals surface area (Å²) in [5.41, 5.74) is 0. The van der Waals surface area contributed by atoms with Crippen LogP contribution in [0.25, 0.3) is 0 Å². The van der Waals surface area contributed by atoms with Crippen LogP contribution in [0.2, 0.25) is 0 Å². The molecule has 0 radical (unpaired) electrons. The van der Waals surface area contributed by atoms with Crippen LogP contribution in [-0.2, 0) is 0 Å². The molecule has 0 aliphatic carbocycles. The van der Waals surface area contributed by atoms with E-state index in [0.717, 1.165) is 3.93 Å². The minimum absolute atomic E-state index is 0.557. The fourth-order valence-electron chi connectivity index (χ4n) is 0.533. The number of rotatable bonds is 0. The minimum atomic E-state index is -1.36. The summed E-state index contributed by atoms with van der Waals surface area (Å²) in [6.07, 6.45) is -2.70. The van der Waals surface area contributed by atoms with Crippen molar-refractivity contribution >= 4 is 33.9 Å². The lowest BCUT2D eigenvalue weighted by atomic mass is 10.7. The Hall–Kier alpha value is -0.0800. The van der Waals surface area contributed by atoms with Crippen molar-refractivity contribution in [2.45, 2.75) is 12.7 Å². The summed E-state index contributed by atoms with van der Waals surface area (Å²) < 4.78 is 1.43. The van der Waals surface area contributed by atoms with Gasteiger partial charge in [-0.3, -0.25) is 0 Å². The van der Waals surface area contributed by atoms with E-state index in [2.05, 4.69) is 21.1 Å². The first-order valence-corrected chi connectivity index (χ1v) is 3.61. The van der Waals surface area contributed by atoms with Crippen LogP contribution < -0.4 is 0 Å². The molecule has 0 aromatic carbocycles. The smallest absolute Gasteiger partial charge is 0.307 e. The molecule has 0 aromatic heterocycles. The molecule has 1 aliphatic rings. The second-order valence-corrected chi connectivity index (χ2v) is 2.96. The summed E-state index contributed by atoms with van der Waals surface area (Å²) in [4.78, 5) is 3.24. The van der Waals surface area contributed by atoms with Crippen molar-refractivity contribution < 1.29 is 15.3 Å². The summed E-state index contributed by atoms with van der Waals surface area (Å²) in [6.45, 7) is 0. The molecule has 2 unspecified atom stereocenters. The zero-order chi connectivity index (χ0) is 8.59. The molecular formula is C3H5BrClN3O3. The average molecular weight is 246 g/mol. The maximum absolute atomic E-state index is 9.06. The lowest BCUT2D eigenvalue weighted by Gasteiger charge is -2.32. The van der Waals surface area contributed by atoms with Gasteiger partial charge in [0.1, 0.15) is 0 Å². The van der Waals surface area contributed by atoms with Crippen LogP contribution in [0, 0.1) is 0 Å². The minimum Gasteiger partial charge on any atom is -0.480 e. The fourth-order valence-corrected chi connectivity index (χ4v) is 1.05. The Morgan fingerprint density at radius 1 is 1.55 bits per heavy atom. The molecule has 0 amide bonds. The van der Waals surface area contributed by atoms with Gasteiger partial charge in [-0.15, -0.1) is 3.93 Å². The van der Waals surface area contributed by atoms with E-state index in [4.69, 9.17) is 27.1 Å². The van der Waals surface area contributed by atoms with Gasteiger partial charge in [0.25, 0.3) is 0 Å². The molecule has 0 aromatic rings. The molecule has 3 N–H and O–H groups in total. The number of aliphatic hydroxyl groups excluding tert-OH is 3. The van der Waals surface area contributed by atoms with Crippen LogP contribution in [0.3, 0.4) is 0 Å². The second kappa shape index (κ2) is 3.11. The lowest BCUT2D eigenvalue weighted by molar-refractivity contribution is -0.0822. The van der Waals surface area contributed by atoms with Gasteiger partial charge >= 0.3 is 6.02 Å². The van der Waals surface area contributed by atoms with Gasteiger partial charge in [0.05, 0.1) is 0 Å². The SMILES string of the molecule is OC1=NC(O)N(Br)C(O)N1Cl. The van der Waals surface area contributed by atoms with Gasteiger partial charge in [0.15, 0.2) is 0 Å². The molecular weight excluding hydrogens is 241 g/mol. The molecule has 0 saturated heterocycles. The third-order valence-electron chi connectivity index (χ3n) is 1.07. The predicted molar refractivity (Wildman–Crippen MR) is 40.5 cm³/mol. The molecule has 11 heavy (non-hydrogen) atoms. The highest BCUT2D eigenvalue weighted by Gasteiger charge is 2.33. The van der Waals surface area contributed by atoms with E-state index in [1.165, 1.54) is 0 Å². The summed E-state index contributed by atoms with van der Waals surface area (Å²) >= 11 is 8.07. The number of aliphatic hydroxyl groups is 3. The maximum Gasteiger partial charge on any atom is 0.307 e. The van der Waals surface area contributed by atoms with E-state index in [0.29, 0.717) is 4.42 Å². The molecule has 1 rings (SSSR count). The summed E-state index contributed by atoms with van der Waals surface area (Å²) in [7, 11) is 0. The van der Waals surface area contributed by atoms with Crippen LogP contribution in [0.4, 0.5) is 0 Å². The highest BCUT2D eigenvalue weighted by Crippen LogP contribution is 2.19. The van der Waals surface area contributed by atoms with E-state index in [1.54, 1.807) is 0 Å². The Bertz CT molecular complexity index is 191. The molecule has 0 fully saturated rings. The first kappa shape index (κ1) is 9.01. The van der Waals surface area contributed by atoms with Crippen LogP contribution in [0.15, 0.2) is 4.99 Å². The molecule has 8 heteroatoms. The Kier molecular flexibility index (Phi) is 2.55. The number of hydrogen-bond donors (Lipinski definition) is 3. The maximum atomic E-state index is 9.06. The quantitative estimate of drug-likeness (QED) is 0.504. The van der Waals surface area contributed by atoms with Crippen LogP contribution >= 0.6 is 27.9 Å². The van der Waals surface area contributed by atoms with Gasteiger partial charge in [0, 0.05) is 27.9 Å². The average Bonchev–Trinajstić information content (AvgIpc) is 1.97. The predicted octanol–water partition coefficient (Wildman–Crippen LogP) is -0.466. The van der Waals surface area contributed by atoms with E-state index >= 15 is 0 Å². The zero-order valence-corrected chi connectivity index (χ0v) is 7.44. The molecule has 0 bridgehead atoms. The van der Waals surface area contributed by atoms with E-state index in [-0.39, 0.29) is 0 Å². The highest BCUT2D eigenvalue weighted by atomic mass is 79.9. The van der Waals surface area contributed by atoms with Gasteiger partial charge in [-0.2, -0.15) is 9.41 Å². The van der Waals surface area contributed by atoms with Crippen molar-refractivity contribution in [1.29, 1.82) is 0 Å². The third-order valence-corrected chi connectivity index (χ3v) is 2.12. The molecule has 64 valence electrons. The summed E-state index contributed by atoms with van der Waals surface area (Å²) in [6, 6.07) is -0.637. The number of hydrogen-bond acceptors (Lipinski definition) is 5. The van der Waals surface area contributed by atoms with Crippen molar-refractivity contribution in [2.24, 2.45) is 4.99 Å². The molecule has 1 aliphatic heterocycles. The standard InChI is InChI=1S/C3H5BrClN3O3/c4-7-1(9)6-2(10)8(5)3(7)11/h1,3,9,11H,(H,6,10). The Balaban J connectivity index is 2.83. The third kappa shape index (κ3) is 1.57. The topological polar surface area (TPSA) is 79.5 Å². The van der Waals surface area contributed by atoms with Crippen molar-refractivity contribution in [2.75, 3.05) is 0 Å². The monoisotopic (exact) mass is 245 g/mol. The van der Waals surface area contributed by atoms with Crippen molar-refractivity contribution in [3.8, 4) is 0 Å². The van der Waals surface area contributed by atoms with Crippen LogP contribution in [0.5, 0.6) is 0 Å². The second-order valence-electron chi connectivity index (χ2n) is 1.78. The highest BCUT2D eigenvalue weighted by molar-refractivity contribution is 9.07. The Morgan fingerprint density at radius 2 is 2.09 bits per heavy atom. The normalized spacial score (nSPS) is 33.8. The fraction of sp³-hybridized carbons (Fsp3) is 0.667. The van der Waals surface area contributed by atoms with Gasteiger partial charge < -0.3 is 15.3 Å². The van der Waals surface area contributed by atoms with Crippen LogP contribution in [-0.4, -0.2) is 42.4 Å². The Morgan fingerprint density at radius 3 is 2.64 bits per heavy atom. The van der Waals surface area contributed by atoms with Crippen molar-refractivity contribution in [1.82, 2.24) is 8.34 Å². The van der Waals surface area contributed by atoms with Gasteiger partial charge in [0.2, 0.25) is 12.7 Å². The van der Waals surface area contributed by atoms with E-state index in [1.807, 2.05) is 0 Å². The molecule has 1 heterocycles. The van der Waals surface area contributed by atoms with Crippen LogP contribution in [0.1, 0.15) is 0 Å². The first-order valence-electron chi connectivity index (χ1n) is 2.56. The van der Waals surface area contributed by atoms with E-state index in [9.17, 15) is 0 Å². The Labute approximate surface area is 75.8 Å². The van der Waals surface area contributed by atoms with Gasteiger partial charge in [-0.05, 0) is 0 Å². The van der Waals surface area contributed by atoms with Gasteiger partial charge in [-0.1, -0.05) is 0 Å². The number of halogens is 2. The summed E-state index contributed by atoms with van der Waals surface area (Å²) in [5.74, 6) is 0. The molecule has 0 saturated carbocycles. The van der Waals surface area contributed by atoms with Crippen molar-refractivity contribution in [3.63, 3.8) is 0 Å². The van der Waals surface area contributed by atoms with Gasteiger partial charge in [-0.25, -0.2) is 0 Å². The number of amidine groups is 1. The largest absolute Gasteiger partial charge is 0.480 e. The van der Waals surface area contributed by atoms with E-state index < -0.39 is 18.7 Å². The zero-order valence-electron chi connectivity index (χ0n) is 5.09. The number of nitrogens with zero attached hydrogens (tertiary/aromatic N) is 3. The lowest BCUT2D eigenvalue weighted by Crippen LogP contribution is -2.50. The first-order chi connectivity index (χ1) is 5.04.